The van der Waals surface area contributed by atoms with Crippen molar-refractivity contribution < 1.29 is 14.2 Å². The number of anilines is 1. The summed E-state index contributed by atoms with van der Waals surface area (Å²) >= 11 is 0. The Balaban J connectivity index is 2.11. The van der Waals surface area contributed by atoms with E-state index in [4.69, 9.17) is 4.52 Å². The highest BCUT2D eigenvalue weighted by Crippen LogP contribution is 2.22. The Hall–Kier alpha value is -2.97. The number of nitro groups is 1. The zero-order valence-electron chi connectivity index (χ0n) is 12.1. The molecule has 2 rings (SSSR count). The Morgan fingerprint density at radius 2 is 2.23 bits per heavy atom. The highest BCUT2D eigenvalue weighted by molar-refractivity contribution is 6.00. The number of nitro benzene ring substituents is 1. The minimum absolute atomic E-state index is 0.142. The van der Waals surface area contributed by atoms with Crippen LogP contribution in [-0.2, 0) is 6.42 Å². The minimum Gasteiger partial charge on any atom is -0.384 e. The molecule has 9 heteroatoms. The van der Waals surface area contributed by atoms with Crippen LogP contribution in [0.2, 0.25) is 0 Å². The number of carbonyl (C=O) groups is 1. The second kappa shape index (κ2) is 6.66. The molecule has 0 spiro atoms. The maximum Gasteiger partial charge on any atom is 0.270 e. The summed E-state index contributed by atoms with van der Waals surface area (Å²) in [6, 6.07) is 4.07. The molecule has 1 aromatic heterocycles. The van der Waals surface area contributed by atoms with Gasteiger partial charge in [-0.15, -0.1) is 0 Å². The van der Waals surface area contributed by atoms with Gasteiger partial charge in [-0.2, -0.15) is 4.98 Å². The Morgan fingerprint density at radius 3 is 2.82 bits per heavy atom. The van der Waals surface area contributed by atoms with Gasteiger partial charge >= 0.3 is 0 Å². The van der Waals surface area contributed by atoms with Crippen LogP contribution in [0.4, 0.5) is 11.4 Å². The summed E-state index contributed by atoms with van der Waals surface area (Å²) in [6.45, 7) is 2.17. The Kier molecular flexibility index (Phi) is 4.66. The predicted octanol–water partition coefficient (Wildman–Crippen LogP) is 1.30. The highest BCUT2D eigenvalue weighted by atomic mass is 16.6. The van der Waals surface area contributed by atoms with E-state index in [-0.39, 0.29) is 11.3 Å². The number of non-ortho nitro benzene ring substituents is 1. The zero-order valence-corrected chi connectivity index (χ0v) is 12.1. The smallest absolute Gasteiger partial charge is 0.270 e. The zero-order chi connectivity index (χ0) is 16.1. The van der Waals surface area contributed by atoms with E-state index in [0.717, 1.165) is 0 Å². The summed E-state index contributed by atoms with van der Waals surface area (Å²) in [6.07, 6.45) is 0.477. The van der Waals surface area contributed by atoms with Gasteiger partial charge in [0, 0.05) is 37.8 Å². The number of aryl methyl sites for hydroxylation is 1. The van der Waals surface area contributed by atoms with E-state index in [0.29, 0.717) is 30.4 Å². The summed E-state index contributed by atoms with van der Waals surface area (Å²) in [5.41, 5.74) is 0.566. The molecule has 0 saturated heterocycles. The van der Waals surface area contributed by atoms with Gasteiger partial charge in [0.15, 0.2) is 5.82 Å². The van der Waals surface area contributed by atoms with E-state index in [2.05, 4.69) is 20.8 Å². The van der Waals surface area contributed by atoms with Crippen molar-refractivity contribution in [1.29, 1.82) is 0 Å². The third-order valence-corrected chi connectivity index (χ3v) is 2.91. The van der Waals surface area contributed by atoms with Gasteiger partial charge in [0.1, 0.15) is 0 Å². The Morgan fingerprint density at radius 1 is 1.45 bits per heavy atom. The normalized spacial score (nSPS) is 10.3. The predicted molar refractivity (Wildman–Crippen MR) is 77.7 cm³/mol. The van der Waals surface area contributed by atoms with E-state index in [9.17, 15) is 14.9 Å². The first-order chi connectivity index (χ1) is 10.5. The molecular formula is C13H15N5O4. The molecule has 1 heterocycles. The van der Waals surface area contributed by atoms with Crippen LogP contribution in [0, 0.1) is 17.0 Å². The van der Waals surface area contributed by atoms with Crippen LogP contribution in [0.25, 0.3) is 0 Å². The molecule has 1 aromatic carbocycles. The second-order valence-electron chi connectivity index (χ2n) is 4.48. The number of aromatic nitrogens is 2. The van der Waals surface area contributed by atoms with Crippen molar-refractivity contribution in [2.75, 3.05) is 18.9 Å². The molecule has 0 atom stereocenters. The van der Waals surface area contributed by atoms with Crippen LogP contribution in [-0.4, -0.2) is 34.6 Å². The van der Waals surface area contributed by atoms with Gasteiger partial charge in [0.25, 0.3) is 11.6 Å². The molecule has 0 aliphatic heterocycles. The lowest BCUT2D eigenvalue weighted by atomic mass is 10.1. The number of hydrogen-bond acceptors (Lipinski definition) is 7. The molecule has 9 nitrogen and oxygen atoms in total. The molecule has 0 saturated carbocycles. The van der Waals surface area contributed by atoms with Gasteiger partial charge in [0.2, 0.25) is 5.89 Å². The van der Waals surface area contributed by atoms with Crippen LogP contribution in [0.15, 0.2) is 22.7 Å². The topological polar surface area (TPSA) is 123 Å². The van der Waals surface area contributed by atoms with Crippen molar-refractivity contribution in [3.8, 4) is 0 Å². The third kappa shape index (κ3) is 3.57. The van der Waals surface area contributed by atoms with Crippen LogP contribution < -0.4 is 10.6 Å². The third-order valence-electron chi connectivity index (χ3n) is 2.91. The minimum atomic E-state index is -0.544. The Bertz CT molecular complexity index is 697. The van der Waals surface area contributed by atoms with Crippen molar-refractivity contribution in [1.82, 2.24) is 15.5 Å². The summed E-state index contributed by atoms with van der Waals surface area (Å²) in [7, 11) is 1.46. The SMILES string of the molecule is CNC(=O)c1cc([N+](=O)[O-])ccc1NCCc1nc(C)no1. The largest absolute Gasteiger partial charge is 0.384 e. The number of hydrogen-bond donors (Lipinski definition) is 2. The Labute approximate surface area is 125 Å². The van der Waals surface area contributed by atoms with Crippen molar-refractivity contribution in [2.24, 2.45) is 0 Å². The summed E-state index contributed by atoms with van der Waals surface area (Å²) in [5, 5.41) is 20.0. The second-order valence-corrected chi connectivity index (χ2v) is 4.48. The monoisotopic (exact) mass is 305 g/mol. The first kappa shape index (κ1) is 15.4. The molecule has 1 amide bonds. The highest BCUT2D eigenvalue weighted by Gasteiger charge is 2.15. The number of carbonyl (C=O) groups excluding carboxylic acids is 1. The molecule has 0 bridgehead atoms. The van der Waals surface area contributed by atoms with Gasteiger partial charge in [-0.25, -0.2) is 0 Å². The molecular weight excluding hydrogens is 290 g/mol. The summed E-state index contributed by atoms with van der Waals surface area (Å²) < 4.78 is 4.98. The lowest BCUT2D eigenvalue weighted by Crippen LogP contribution is -2.20. The van der Waals surface area contributed by atoms with Crippen LogP contribution in [0.3, 0.4) is 0 Å². The maximum atomic E-state index is 11.8. The molecule has 0 aliphatic carbocycles. The van der Waals surface area contributed by atoms with Crippen molar-refractivity contribution >= 4 is 17.3 Å². The van der Waals surface area contributed by atoms with Gasteiger partial charge in [-0.05, 0) is 13.0 Å². The van der Waals surface area contributed by atoms with E-state index in [1.165, 1.54) is 25.2 Å². The fourth-order valence-electron chi connectivity index (χ4n) is 1.87. The quantitative estimate of drug-likeness (QED) is 0.609. The van der Waals surface area contributed by atoms with Gasteiger partial charge in [0.05, 0.1) is 10.5 Å². The fraction of sp³-hybridized carbons (Fsp3) is 0.308. The number of rotatable bonds is 6. The van der Waals surface area contributed by atoms with Crippen LogP contribution in [0.5, 0.6) is 0 Å². The lowest BCUT2D eigenvalue weighted by molar-refractivity contribution is -0.384. The molecule has 116 valence electrons. The molecule has 0 aliphatic rings. The van der Waals surface area contributed by atoms with Gasteiger partial charge in [-0.1, -0.05) is 5.16 Å². The number of amides is 1. The van der Waals surface area contributed by atoms with Crippen molar-refractivity contribution in [3.63, 3.8) is 0 Å². The van der Waals surface area contributed by atoms with Gasteiger partial charge in [-0.3, -0.25) is 14.9 Å². The number of nitrogens with one attached hydrogen (secondary N) is 2. The number of nitrogens with zero attached hydrogens (tertiary/aromatic N) is 3. The first-order valence-corrected chi connectivity index (χ1v) is 6.55. The van der Waals surface area contributed by atoms with Crippen LogP contribution in [0.1, 0.15) is 22.1 Å². The van der Waals surface area contributed by atoms with Crippen LogP contribution >= 0.6 is 0 Å². The molecule has 0 unspecified atom stereocenters. The van der Waals surface area contributed by atoms with E-state index >= 15 is 0 Å². The van der Waals surface area contributed by atoms with Crippen molar-refractivity contribution in [2.45, 2.75) is 13.3 Å². The van der Waals surface area contributed by atoms with E-state index < -0.39 is 10.8 Å². The first-order valence-electron chi connectivity index (χ1n) is 6.55. The van der Waals surface area contributed by atoms with Crippen molar-refractivity contribution in [3.05, 3.63) is 45.6 Å². The molecule has 2 aromatic rings. The fourth-order valence-corrected chi connectivity index (χ4v) is 1.87. The van der Waals surface area contributed by atoms with E-state index in [1.807, 2.05) is 0 Å². The molecule has 2 N–H and O–H groups in total. The van der Waals surface area contributed by atoms with Gasteiger partial charge < -0.3 is 15.2 Å². The standard InChI is InChI=1S/C13H15N5O4/c1-8-16-12(22-17-8)5-6-15-11-4-3-9(18(20)21)7-10(11)13(19)14-2/h3-4,7,15H,5-6H2,1-2H3,(H,14,19). The lowest BCUT2D eigenvalue weighted by Gasteiger charge is -2.10. The summed E-state index contributed by atoms with van der Waals surface area (Å²) in [4.78, 5) is 26.2. The average molecular weight is 305 g/mol. The van der Waals surface area contributed by atoms with E-state index in [1.54, 1.807) is 6.92 Å². The molecule has 0 radical (unpaired) electrons. The maximum absolute atomic E-state index is 11.8. The molecule has 22 heavy (non-hydrogen) atoms. The summed E-state index contributed by atoms with van der Waals surface area (Å²) in [5.74, 6) is 0.629. The average Bonchev–Trinajstić information content (AvgIpc) is 2.92. The molecule has 0 fully saturated rings. The number of benzene rings is 1.